The van der Waals surface area contributed by atoms with E-state index in [2.05, 4.69) is 46.3 Å². The third-order valence-corrected chi connectivity index (χ3v) is 7.05. The number of hydrogen-bond donors (Lipinski definition) is 1. The summed E-state index contributed by atoms with van der Waals surface area (Å²) in [6.07, 6.45) is 11.7. The first-order valence-electron chi connectivity index (χ1n) is 11.7. The minimum absolute atomic E-state index is 0.292. The van der Waals surface area contributed by atoms with Crippen LogP contribution in [0.3, 0.4) is 0 Å². The third-order valence-electron chi connectivity index (χ3n) is 7.05. The van der Waals surface area contributed by atoms with Gasteiger partial charge in [0.05, 0.1) is 0 Å². The number of amides is 1. The number of hydrogen-bond acceptors (Lipinski definition) is 3. The Hall–Kier alpha value is -1.39. The van der Waals surface area contributed by atoms with Gasteiger partial charge in [0.15, 0.2) is 0 Å². The highest BCUT2D eigenvalue weighted by Gasteiger charge is 2.35. The summed E-state index contributed by atoms with van der Waals surface area (Å²) in [6, 6.07) is 10.7. The Morgan fingerprint density at radius 1 is 1.11 bits per heavy atom. The first-order valence-corrected chi connectivity index (χ1v) is 11.7. The standard InChI is InChI=1S/C24H37N3O/c1-2-3-9-24(28)27(22-8-6-16-25-18-22)21-12-10-19(11-13-21)23-15-14-20-7-4-5-17-26(20)23/h10-13,20,22-23,25H,2-9,14-18H2,1H3. The van der Waals surface area contributed by atoms with Gasteiger partial charge in [-0.05, 0) is 75.7 Å². The summed E-state index contributed by atoms with van der Waals surface area (Å²) in [5.74, 6) is 0.292. The molecule has 4 nitrogen and oxygen atoms in total. The lowest BCUT2D eigenvalue weighted by Gasteiger charge is -2.36. The van der Waals surface area contributed by atoms with E-state index >= 15 is 0 Å². The van der Waals surface area contributed by atoms with Crippen molar-refractivity contribution in [3.05, 3.63) is 29.8 Å². The molecule has 1 aromatic carbocycles. The second-order valence-electron chi connectivity index (χ2n) is 8.94. The van der Waals surface area contributed by atoms with Gasteiger partial charge in [-0.15, -0.1) is 0 Å². The van der Waals surface area contributed by atoms with Gasteiger partial charge in [0.1, 0.15) is 0 Å². The van der Waals surface area contributed by atoms with E-state index in [0.717, 1.165) is 50.5 Å². The molecule has 3 aliphatic rings. The van der Waals surface area contributed by atoms with Gasteiger partial charge in [-0.3, -0.25) is 9.69 Å². The van der Waals surface area contributed by atoms with Gasteiger partial charge in [-0.2, -0.15) is 0 Å². The first-order chi connectivity index (χ1) is 13.8. The van der Waals surface area contributed by atoms with E-state index in [-0.39, 0.29) is 0 Å². The molecular weight excluding hydrogens is 346 g/mol. The van der Waals surface area contributed by atoms with Gasteiger partial charge in [0.25, 0.3) is 0 Å². The fourth-order valence-corrected chi connectivity index (χ4v) is 5.54. The Morgan fingerprint density at radius 3 is 2.71 bits per heavy atom. The lowest BCUT2D eigenvalue weighted by atomic mass is 10.0. The maximum absolute atomic E-state index is 13.0. The van der Waals surface area contributed by atoms with Crippen molar-refractivity contribution in [2.45, 2.75) is 89.3 Å². The number of anilines is 1. The van der Waals surface area contributed by atoms with Crippen molar-refractivity contribution in [2.75, 3.05) is 24.5 Å². The third kappa shape index (κ3) is 4.28. The van der Waals surface area contributed by atoms with E-state index in [1.54, 1.807) is 0 Å². The lowest BCUT2D eigenvalue weighted by molar-refractivity contribution is -0.119. The normalized spacial score (nSPS) is 28.1. The SMILES string of the molecule is CCCCC(=O)N(c1ccc(C2CCC3CCCCN32)cc1)C1CCCNC1. The highest BCUT2D eigenvalue weighted by atomic mass is 16.2. The van der Waals surface area contributed by atoms with E-state index in [0.29, 0.717) is 24.4 Å². The molecule has 3 aliphatic heterocycles. The van der Waals surface area contributed by atoms with Crippen LogP contribution in [0.1, 0.15) is 82.7 Å². The second-order valence-corrected chi connectivity index (χ2v) is 8.94. The number of nitrogens with zero attached hydrogens (tertiary/aromatic N) is 2. The fourth-order valence-electron chi connectivity index (χ4n) is 5.54. The number of carbonyl (C=O) groups is 1. The molecule has 0 aliphatic carbocycles. The zero-order valence-electron chi connectivity index (χ0n) is 17.5. The molecule has 3 unspecified atom stereocenters. The van der Waals surface area contributed by atoms with Crippen LogP contribution in [-0.4, -0.2) is 42.5 Å². The Balaban J connectivity index is 1.51. The molecule has 3 saturated heterocycles. The number of fused-ring (bicyclic) bond motifs is 1. The zero-order chi connectivity index (χ0) is 19.3. The molecule has 0 saturated carbocycles. The van der Waals surface area contributed by atoms with Gasteiger partial charge in [-0.25, -0.2) is 0 Å². The van der Waals surface area contributed by atoms with Gasteiger partial charge < -0.3 is 10.2 Å². The highest BCUT2D eigenvalue weighted by Crippen LogP contribution is 2.40. The van der Waals surface area contributed by atoms with E-state index < -0.39 is 0 Å². The van der Waals surface area contributed by atoms with Crippen LogP contribution in [-0.2, 0) is 4.79 Å². The van der Waals surface area contributed by atoms with E-state index in [1.165, 1.54) is 44.2 Å². The minimum atomic E-state index is 0.292. The van der Waals surface area contributed by atoms with Crippen LogP contribution in [0.5, 0.6) is 0 Å². The average molecular weight is 384 g/mol. The largest absolute Gasteiger partial charge is 0.315 e. The molecule has 1 amide bonds. The van der Waals surface area contributed by atoms with Crippen molar-refractivity contribution in [1.82, 2.24) is 10.2 Å². The van der Waals surface area contributed by atoms with Gasteiger partial charge in [0.2, 0.25) is 5.91 Å². The van der Waals surface area contributed by atoms with Crippen molar-refractivity contribution >= 4 is 11.6 Å². The Bertz CT molecular complexity index is 638. The number of benzene rings is 1. The van der Waals surface area contributed by atoms with Crippen LogP contribution in [0.25, 0.3) is 0 Å². The molecule has 0 radical (unpaired) electrons. The monoisotopic (exact) mass is 383 g/mol. The lowest BCUT2D eigenvalue weighted by Crippen LogP contribution is -2.49. The molecular formula is C24H37N3O. The topological polar surface area (TPSA) is 35.6 Å². The summed E-state index contributed by atoms with van der Waals surface area (Å²) in [6.45, 7) is 5.40. The Kier molecular flexibility index (Phi) is 6.69. The molecule has 0 bridgehead atoms. The van der Waals surface area contributed by atoms with Crippen molar-refractivity contribution in [3.63, 3.8) is 0 Å². The summed E-state index contributed by atoms with van der Waals surface area (Å²) < 4.78 is 0. The number of carbonyl (C=O) groups excluding carboxylic acids is 1. The number of nitrogens with one attached hydrogen (secondary N) is 1. The number of unbranched alkanes of at least 4 members (excludes halogenated alkanes) is 1. The number of piperidine rings is 2. The van der Waals surface area contributed by atoms with Crippen molar-refractivity contribution in [1.29, 1.82) is 0 Å². The molecule has 3 fully saturated rings. The summed E-state index contributed by atoms with van der Waals surface area (Å²) >= 11 is 0. The van der Waals surface area contributed by atoms with Crippen molar-refractivity contribution in [3.8, 4) is 0 Å². The maximum atomic E-state index is 13.0. The second kappa shape index (κ2) is 9.41. The Morgan fingerprint density at radius 2 is 1.96 bits per heavy atom. The van der Waals surface area contributed by atoms with Crippen LogP contribution in [0, 0.1) is 0 Å². The van der Waals surface area contributed by atoms with Crippen molar-refractivity contribution < 1.29 is 4.79 Å². The van der Waals surface area contributed by atoms with Crippen LogP contribution in [0.2, 0.25) is 0 Å². The van der Waals surface area contributed by atoms with E-state index in [1.807, 2.05) is 0 Å². The smallest absolute Gasteiger partial charge is 0.227 e. The van der Waals surface area contributed by atoms with E-state index in [9.17, 15) is 4.79 Å². The maximum Gasteiger partial charge on any atom is 0.227 e. The predicted molar refractivity (Wildman–Crippen MR) is 116 cm³/mol. The van der Waals surface area contributed by atoms with Gasteiger partial charge >= 0.3 is 0 Å². The minimum Gasteiger partial charge on any atom is -0.315 e. The summed E-state index contributed by atoms with van der Waals surface area (Å²) in [7, 11) is 0. The molecule has 28 heavy (non-hydrogen) atoms. The van der Waals surface area contributed by atoms with Gasteiger partial charge in [-0.1, -0.05) is 31.9 Å². The van der Waals surface area contributed by atoms with Gasteiger partial charge in [0, 0.05) is 36.8 Å². The molecule has 3 heterocycles. The molecule has 3 atom stereocenters. The Labute approximate surface area is 170 Å². The molecule has 4 rings (SSSR count). The predicted octanol–water partition coefficient (Wildman–Crippen LogP) is 4.65. The molecule has 1 aromatic rings. The summed E-state index contributed by atoms with van der Waals surface area (Å²) in [5.41, 5.74) is 2.53. The molecule has 1 N–H and O–H groups in total. The summed E-state index contributed by atoms with van der Waals surface area (Å²) in [4.78, 5) is 17.9. The van der Waals surface area contributed by atoms with Crippen LogP contribution in [0.4, 0.5) is 5.69 Å². The zero-order valence-corrected chi connectivity index (χ0v) is 17.5. The first kappa shape index (κ1) is 19.9. The highest BCUT2D eigenvalue weighted by molar-refractivity contribution is 5.94. The number of rotatable bonds is 6. The van der Waals surface area contributed by atoms with Crippen LogP contribution in [0.15, 0.2) is 24.3 Å². The van der Waals surface area contributed by atoms with Crippen molar-refractivity contribution in [2.24, 2.45) is 0 Å². The average Bonchev–Trinajstić information content (AvgIpc) is 3.18. The summed E-state index contributed by atoms with van der Waals surface area (Å²) in [5, 5.41) is 3.48. The molecule has 0 aromatic heterocycles. The van der Waals surface area contributed by atoms with Crippen LogP contribution >= 0.6 is 0 Å². The molecule has 4 heteroatoms. The molecule has 0 spiro atoms. The quantitative estimate of drug-likeness (QED) is 0.776. The van der Waals surface area contributed by atoms with Crippen LogP contribution < -0.4 is 10.2 Å². The van der Waals surface area contributed by atoms with E-state index in [4.69, 9.17) is 0 Å². The molecule has 154 valence electrons. The fraction of sp³-hybridized carbons (Fsp3) is 0.708.